The van der Waals surface area contributed by atoms with Crippen LogP contribution in [0.25, 0.3) is 0 Å². The van der Waals surface area contributed by atoms with Crippen LogP contribution in [0.5, 0.6) is 0 Å². The molecule has 0 saturated heterocycles. The first-order valence-corrected chi connectivity index (χ1v) is 9.36. The zero-order valence-electron chi connectivity index (χ0n) is 13.8. The summed E-state index contributed by atoms with van der Waals surface area (Å²) in [7, 11) is 0. The molecule has 20 heavy (non-hydrogen) atoms. The normalized spacial score (nSPS) is 12.6. The van der Waals surface area contributed by atoms with Gasteiger partial charge in [-0.2, -0.15) is 0 Å². The zero-order valence-corrected chi connectivity index (χ0v) is 14.7. The maximum Gasteiger partial charge on any atom is 0.188 e. The van der Waals surface area contributed by atoms with Crippen molar-refractivity contribution in [2.24, 2.45) is 5.92 Å². The highest BCUT2D eigenvalue weighted by atomic mass is 32.1. The van der Waals surface area contributed by atoms with Gasteiger partial charge in [0.15, 0.2) is 5.12 Å². The Morgan fingerprint density at radius 3 is 1.45 bits per heavy atom. The number of hydrogen-bond acceptors (Lipinski definition) is 1. The van der Waals surface area contributed by atoms with Crippen LogP contribution in [0, 0.1) is 5.92 Å². The lowest BCUT2D eigenvalue weighted by atomic mass is 10.0. The molecule has 1 nitrogen and oxygen atoms in total. The van der Waals surface area contributed by atoms with Crippen molar-refractivity contribution in [1.82, 2.24) is 0 Å². The van der Waals surface area contributed by atoms with Gasteiger partial charge in [-0.3, -0.25) is 4.79 Å². The summed E-state index contributed by atoms with van der Waals surface area (Å²) in [5.74, 6) is 0.144. The first-order valence-electron chi connectivity index (χ1n) is 8.91. The topological polar surface area (TPSA) is 17.1 Å². The quantitative estimate of drug-likeness (QED) is 0.268. The Hall–Kier alpha value is 0.0200. The lowest BCUT2D eigenvalue weighted by Crippen LogP contribution is -2.03. The highest BCUT2D eigenvalue weighted by Crippen LogP contribution is 2.15. The molecule has 0 unspecified atom stereocenters. The lowest BCUT2D eigenvalue weighted by molar-refractivity contribution is -0.113. The van der Waals surface area contributed by atoms with Gasteiger partial charge in [0.25, 0.3) is 0 Å². The summed E-state index contributed by atoms with van der Waals surface area (Å²) in [6, 6.07) is 0. The van der Waals surface area contributed by atoms with Crippen LogP contribution < -0.4 is 0 Å². The fraction of sp³-hybridized carbons (Fsp3) is 0.944. The van der Waals surface area contributed by atoms with Gasteiger partial charge in [0.1, 0.15) is 0 Å². The fourth-order valence-corrected chi connectivity index (χ4v) is 2.72. The Balaban J connectivity index is 3.04. The molecule has 0 bridgehead atoms. The fourth-order valence-electron chi connectivity index (χ4n) is 2.59. The largest absolute Gasteiger partial charge is 0.287 e. The second-order valence-corrected chi connectivity index (χ2v) is 6.71. The average molecular weight is 301 g/mol. The molecule has 120 valence electrons. The summed E-state index contributed by atoms with van der Waals surface area (Å²) in [5.41, 5.74) is 0. The third kappa shape index (κ3) is 14.4. The van der Waals surface area contributed by atoms with E-state index in [2.05, 4.69) is 19.6 Å². The van der Waals surface area contributed by atoms with Crippen molar-refractivity contribution in [2.45, 2.75) is 104 Å². The van der Waals surface area contributed by atoms with Crippen molar-refractivity contribution in [3.8, 4) is 0 Å². The lowest BCUT2D eigenvalue weighted by Gasteiger charge is -2.06. The van der Waals surface area contributed by atoms with Crippen molar-refractivity contribution < 1.29 is 4.79 Å². The van der Waals surface area contributed by atoms with E-state index in [1.54, 1.807) is 0 Å². The Kier molecular flexibility index (Phi) is 15.4. The van der Waals surface area contributed by atoms with Crippen LogP contribution in [0.4, 0.5) is 0 Å². The average Bonchev–Trinajstić information content (AvgIpc) is 2.43. The van der Waals surface area contributed by atoms with Crippen LogP contribution in [0.2, 0.25) is 0 Å². The minimum atomic E-state index is 0.0453. The Morgan fingerprint density at radius 1 is 0.750 bits per heavy atom. The predicted molar refractivity (Wildman–Crippen MR) is 93.5 cm³/mol. The molecule has 0 fully saturated rings. The SMILES string of the molecule is CCCCCCCCCCCCCCC[C@H](C)C(=O)S. The minimum Gasteiger partial charge on any atom is -0.287 e. The Bertz CT molecular complexity index is 215. The van der Waals surface area contributed by atoms with Crippen molar-refractivity contribution in [1.29, 1.82) is 0 Å². The van der Waals surface area contributed by atoms with Gasteiger partial charge in [-0.15, -0.1) is 12.6 Å². The summed E-state index contributed by atoms with van der Waals surface area (Å²) in [4.78, 5) is 11.0. The predicted octanol–water partition coefficient (Wildman–Crippen LogP) is 6.56. The maximum absolute atomic E-state index is 11.0. The van der Waals surface area contributed by atoms with E-state index in [1.165, 1.54) is 83.5 Å². The molecule has 0 N–H and O–H groups in total. The highest BCUT2D eigenvalue weighted by Gasteiger charge is 2.06. The third-order valence-corrected chi connectivity index (χ3v) is 4.60. The number of carbonyl (C=O) groups is 1. The van der Waals surface area contributed by atoms with E-state index in [0.29, 0.717) is 0 Å². The molecule has 0 spiro atoms. The Labute approximate surface area is 132 Å². The van der Waals surface area contributed by atoms with Gasteiger partial charge < -0.3 is 0 Å². The van der Waals surface area contributed by atoms with Crippen molar-refractivity contribution in [3.63, 3.8) is 0 Å². The smallest absolute Gasteiger partial charge is 0.188 e. The minimum absolute atomic E-state index is 0.0453. The third-order valence-electron chi connectivity index (χ3n) is 4.16. The zero-order chi connectivity index (χ0) is 15.1. The molecule has 2 heteroatoms. The molecular weight excluding hydrogens is 264 g/mol. The number of carbonyl (C=O) groups excluding carboxylic acids is 1. The molecule has 0 radical (unpaired) electrons. The Morgan fingerprint density at radius 2 is 1.10 bits per heavy atom. The molecule has 0 heterocycles. The van der Waals surface area contributed by atoms with Crippen LogP contribution in [0.3, 0.4) is 0 Å². The number of rotatable bonds is 15. The highest BCUT2D eigenvalue weighted by molar-refractivity contribution is 7.96. The van der Waals surface area contributed by atoms with Crippen LogP contribution in [-0.2, 0) is 4.79 Å². The van der Waals surface area contributed by atoms with Gasteiger partial charge in [0.2, 0.25) is 0 Å². The van der Waals surface area contributed by atoms with Crippen LogP contribution >= 0.6 is 12.6 Å². The summed E-state index contributed by atoms with van der Waals surface area (Å²) in [5, 5.41) is 0.0453. The van der Waals surface area contributed by atoms with Crippen molar-refractivity contribution in [2.75, 3.05) is 0 Å². The van der Waals surface area contributed by atoms with Gasteiger partial charge in [0, 0.05) is 5.92 Å². The van der Waals surface area contributed by atoms with E-state index < -0.39 is 0 Å². The summed E-state index contributed by atoms with van der Waals surface area (Å²) in [6.45, 7) is 4.26. The van der Waals surface area contributed by atoms with E-state index in [-0.39, 0.29) is 11.0 Å². The molecule has 0 amide bonds. The molecule has 0 aromatic rings. The summed E-state index contributed by atoms with van der Waals surface area (Å²) >= 11 is 3.87. The molecule has 0 aromatic carbocycles. The standard InChI is InChI=1S/C18H36OS/c1-3-4-5-6-7-8-9-10-11-12-13-14-15-16-17(2)18(19)20/h17H,3-16H2,1-2H3,(H,19,20)/t17-/m0/s1. The molecule has 0 aromatic heterocycles. The van der Waals surface area contributed by atoms with E-state index in [0.717, 1.165) is 6.42 Å². The monoisotopic (exact) mass is 300 g/mol. The molecule has 1 atom stereocenters. The molecule has 0 aliphatic heterocycles. The second kappa shape index (κ2) is 15.4. The van der Waals surface area contributed by atoms with Crippen LogP contribution in [0.15, 0.2) is 0 Å². The molecule has 0 aliphatic rings. The van der Waals surface area contributed by atoms with Crippen molar-refractivity contribution >= 4 is 17.7 Å². The summed E-state index contributed by atoms with van der Waals surface area (Å²) < 4.78 is 0. The van der Waals surface area contributed by atoms with E-state index >= 15 is 0 Å². The molecular formula is C18H36OS. The first kappa shape index (κ1) is 20.0. The molecule has 0 rings (SSSR count). The van der Waals surface area contributed by atoms with Crippen LogP contribution in [-0.4, -0.2) is 5.12 Å². The van der Waals surface area contributed by atoms with E-state index in [1.807, 2.05) is 6.92 Å². The van der Waals surface area contributed by atoms with Gasteiger partial charge in [-0.05, 0) is 6.42 Å². The number of thiol groups is 1. The summed E-state index contributed by atoms with van der Waals surface area (Å²) in [6.07, 6.45) is 18.9. The number of hydrogen-bond donors (Lipinski definition) is 1. The first-order chi connectivity index (χ1) is 9.68. The van der Waals surface area contributed by atoms with Gasteiger partial charge in [-0.25, -0.2) is 0 Å². The van der Waals surface area contributed by atoms with Crippen LogP contribution in [0.1, 0.15) is 104 Å². The maximum atomic E-state index is 11.0. The molecule has 0 saturated carbocycles. The molecule has 0 aliphatic carbocycles. The van der Waals surface area contributed by atoms with Crippen molar-refractivity contribution in [3.05, 3.63) is 0 Å². The van der Waals surface area contributed by atoms with Gasteiger partial charge in [0.05, 0.1) is 0 Å². The number of unbranched alkanes of at least 4 members (excludes halogenated alkanes) is 12. The van der Waals surface area contributed by atoms with Gasteiger partial charge >= 0.3 is 0 Å². The van der Waals surface area contributed by atoms with Gasteiger partial charge in [-0.1, -0.05) is 97.3 Å². The second-order valence-electron chi connectivity index (χ2n) is 6.27. The van der Waals surface area contributed by atoms with E-state index in [4.69, 9.17) is 0 Å². The van der Waals surface area contributed by atoms with E-state index in [9.17, 15) is 4.79 Å².